The molecule has 0 aromatic carbocycles. The fourth-order valence-corrected chi connectivity index (χ4v) is 1.90. The van der Waals surface area contributed by atoms with Crippen LogP contribution in [0.4, 0.5) is 0 Å². The number of nitrogens with zero attached hydrogens (tertiary/aromatic N) is 2. The van der Waals surface area contributed by atoms with Crippen LogP contribution in [0.3, 0.4) is 0 Å². The molecule has 20 heavy (non-hydrogen) atoms. The lowest BCUT2D eigenvalue weighted by Crippen LogP contribution is -2.34. The van der Waals surface area contributed by atoms with Gasteiger partial charge < -0.3 is 10.4 Å². The number of carboxylic acid groups (broad SMARTS) is 1. The first-order valence-corrected chi connectivity index (χ1v) is 6.73. The fraction of sp³-hybridized carbons (Fsp3) is 0.643. The van der Waals surface area contributed by atoms with Crippen LogP contribution < -0.4 is 5.32 Å². The number of carboxylic acids is 1. The third kappa shape index (κ3) is 4.68. The number of carbonyl (C=O) groups is 2. The van der Waals surface area contributed by atoms with Crippen LogP contribution in [0.2, 0.25) is 0 Å². The minimum atomic E-state index is -1.03. The lowest BCUT2D eigenvalue weighted by atomic mass is 9.89. The standard InChI is InChI=1S/C14H23N3O3/c1-10-8-11(2)17(16-10)7-5-6-15-12(18)9-14(3,4)13(19)20/h8H,5-7,9H2,1-4H3,(H,15,18)(H,19,20). The van der Waals surface area contributed by atoms with Gasteiger partial charge in [-0.2, -0.15) is 5.10 Å². The highest BCUT2D eigenvalue weighted by Crippen LogP contribution is 2.19. The smallest absolute Gasteiger partial charge is 0.309 e. The summed E-state index contributed by atoms with van der Waals surface area (Å²) < 4.78 is 1.91. The van der Waals surface area contributed by atoms with Gasteiger partial charge in [0.25, 0.3) is 0 Å². The maximum absolute atomic E-state index is 11.6. The molecule has 0 aliphatic rings. The summed E-state index contributed by atoms with van der Waals surface area (Å²) in [5.74, 6) is -1.19. The minimum absolute atomic E-state index is 0.0117. The zero-order valence-corrected chi connectivity index (χ0v) is 12.6. The van der Waals surface area contributed by atoms with Gasteiger partial charge in [0.2, 0.25) is 5.91 Å². The van der Waals surface area contributed by atoms with E-state index < -0.39 is 11.4 Å². The van der Waals surface area contributed by atoms with Gasteiger partial charge in [0.05, 0.1) is 11.1 Å². The van der Waals surface area contributed by atoms with Crippen molar-refractivity contribution in [3.63, 3.8) is 0 Å². The molecule has 6 nitrogen and oxygen atoms in total. The molecule has 0 saturated carbocycles. The molecule has 0 radical (unpaired) electrons. The van der Waals surface area contributed by atoms with Gasteiger partial charge in [-0.3, -0.25) is 14.3 Å². The molecule has 1 aromatic rings. The molecule has 1 heterocycles. The van der Waals surface area contributed by atoms with Gasteiger partial charge in [-0.05, 0) is 40.2 Å². The van der Waals surface area contributed by atoms with Crippen molar-refractivity contribution in [2.75, 3.05) is 6.54 Å². The van der Waals surface area contributed by atoms with Crippen LogP contribution in [0.5, 0.6) is 0 Å². The average molecular weight is 281 g/mol. The Balaban J connectivity index is 2.29. The number of aryl methyl sites for hydroxylation is 3. The summed E-state index contributed by atoms with van der Waals surface area (Å²) in [4.78, 5) is 22.6. The fourth-order valence-electron chi connectivity index (χ4n) is 1.90. The third-order valence-electron chi connectivity index (χ3n) is 3.15. The van der Waals surface area contributed by atoms with Crippen LogP contribution in [-0.2, 0) is 16.1 Å². The van der Waals surface area contributed by atoms with Gasteiger partial charge in [0.15, 0.2) is 0 Å². The first-order chi connectivity index (χ1) is 9.22. The second-order valence-corrected chi connectivity index (χ2v) is 5.72. The highest BCUT2D eigenvalue weighted by Gasteiger charge is 2.29. The lowest BCUT2D eigenvalue weighted by Gasteiger charge is -2.18. The van der Waals surface area contributed by atoms with Crippen molar-refractivity contribution >= 4 is 11.9 Å². The van der Waals surface area contributed by atoms with E-state index >= 15 is 0 Å². The maximum atomic E-state index is 11.6. The molecular formula is C14H23N3O3. The van der Waals surface area contributed by atoms with E-state index in [2.05, 4.69) is 10.4 Å². The third-order valence-corrected chi connectivity index (χ3v) is 3.15. The lowest BCUT2D eigenvalue weighted by molar-refractivity contribution is -0.149. The molecular weight excluding hydrogens is 258 g/mol. The SMILES string of the molecule is Cc1cc(C)n(CCCNC(=O)CC(C)(C)C(=O)O)n1. The molecule has 1 rings (SSSR count). The number of hydrogen-bond acceptors (Lipinski definition) is 3. The minimum Gasteiger partial charge on any atom is -0.481 e. The topological polar surface area (TPSA) is 84.2 Å². The largest absolute Gasteiger partial charge is 0.481 e. The van der Waals surface area contributed by atoms with Crippen molar-refractivity contribution in [2.45, 2.75) is 47.1 Å². The number of aromatic nitrogens is 2. The first-order valence-electron chi connectivity index (χ1n) is 6.73. The van der Waals surface area contributed by atoms with Crippen LogP contribution in [-0.4, -0.2) is 33.3 Å². The molecule has 1 amide bonds. The van der Waals surface area contributed by atoms with E-state index in [1.807, 2.05) is 24.6 Å². The zero-order chi connectivity index (χ0) is 15.3. The normalized spacial score (nSPS) is 11.4. The van der Waals surface area contributed by atoms with Gasteiger partial charge in [-0.15, -0.1) is 0 Å². The van der Waals surface area contributed by atoms with Crippen LogP contribution in [0.25, 0.3) is 0 Å². The van der Waals surface area contributed by atoms with Crippen LogP contribution in [0, 0.1) is 19.3 Å². The Bertz CT molecular complexity index is 492. The van der Waals surface area contributed by atoms with E-state index in [4.69, 9.17) is 5.11 Å². The maximum Gasteiger partial charge on any atom is 0.309 e. The van der Waals surface area contributed by atoms with E-state index in [0.717, 1.165) is 24.4 Å². The number of aliphatic carboxylic acids is 1. The molecule has 0 aliphatic carbocycles. The van der Waals surface area contributed by atoms with Gasteiger partial charge in [-0.1, -0.05) is 0 Å². The summed E-state index contributed by atoms with van der Waals surface area (Å²) in [6.07, 6.45) is 0.753. The Kier molecular flexibility index (Phi) is 5.30. The number of amides is 1. The number of hydrogen-bond donors (Lipinski definition) is 2. The first kappa shape index (κ1) is 16.2. The molecule has 0 unspecified atom stereocenters. The number of rotatable bonds is 7. The predicted octanol–water partition coefficient (Wildman–Crippen LogP) is 1.51. The summed E-state index contributed by atoms with van der Waals surface area (Å²) in [5.41, 5.74) is 1.05. The molecule has 112 valence electrons. The Hall–Kier alpha value is -1.85. The molecule has 1 aromatic heterocycles. The molecule has 6 heteroatoms. The Labute approximate surface area is 119 Å². The Morgan fingerprint density at radius 2 is 2.05 bits per heavy atom. The summed E-state index contributed by atoms with van der Waals surface area (Å²) in [6.45, 7) is 8.29. The van der Waals surface area contributed by atoms with Crippen LogP contribution >= 0.6 is 0 Å². The molecule has 0 saturated heterocycles. The molecule has 2 N–H and O–H groups in total. The van der Waals surface area contributed by atoms with E-state index in [1.165, 1.54) is 0 Å². The highest BCUT2D eigenvalue weighted by atomic mass is 16.4. The molecule has 0 bridgehead atoms. The van der Waals surface area contributed by atoms with Crippen molar-refractivity contribution in [1.82, 2.24) is 15.1 Å². The second-order valence-electron chi connectivity index (χ2n) is 5.72. The van der Waals surface area contributed by atoms with E-state index in [0.29, 0.717) is 6.54 Å². The van der Waals surface area contributed by atoms with Crippen molar-refractivity contribution in [2.24, 2.45) is 5.41 Å². The summed E-state index contributed by atoms with van der Waals surface area (Å²) in [5, 5.41) is 16.0. The van der Waals surface area contributed by atoms with Gasteiger partial charge in [0.1, 0.15) is 0 Å². The highest BCUT2D eigenvalue weighted by molar-refractivity contribution is 5.84. The van der Waals surface area contributed by atoms with Crippen LogP contribution in [0.15, 0.2) is 6.07 Å². The van der Waals surface area contributed by atoms with Crippen molar-refractivity contribution in [3.05, 3.63) is 17.5 Å². The van der Waals surface area contributed by atoms with E-state index in [9.17, 15) is 9.59 Å². The van der Waals surface area contributed by atoms with Gasteiger partial charge in [0, 0.05) is 25.2 Å². The molecule has 0 fully saturated rings. The summed E-state index contributed by atoms with van der Waals surface area (Å²) >= 11 is 0. The van der Waals surface area contributed by atoms with E-state index in [1.54, 1.807) is 13.8 Å². The van der Waals surface area contributed by atoms with Gasteiger partial charge >= 0.3 is 5.97 Å². The second kappa shape index (κ2) is 6.54. The monoisotopic (exact) mass is 281 g/mol. The Morgan fingerprint density at radius 3 is 2.55 bits per heavy atom. The molecule has 0 atom stereocenters. The van der Waals surface area contributed by atoms with Crippen molar-refractivity contribution < 1.29 is 14.7 Å². The molecule has 0 spiro atoms. The quantitative estimate of drug-likeness (QED) is 0.742. The summed E-state index contributed by atoms with van der Waals surface area (Å²) in [7, 11) is 0. The summed E-state index contributed by atoms with van der Waals surface area (Å²) in [6, 6.07) is 2.01. The van der Waals surface area contributed by atoms with Crippen LogP contribution in [0.1, 0.15) is 38.1 Å². The zero-order valence-electron chi connectivity index (χ0n) is 12.6. The van der Waals surface area contributed by atoms with E-state index in [-0.39, 0.29) is 12.3 Å². The number of carbonyl (C=O) groups excluding carboxylic acids is 1. The van der Waals surface area contributed by atoms with Crippen molar-refractivity contribution in [1.29, 1.82) is 0 Å². The molecule has 0 aliphatic heterocycles. The predicted molar refractivity (Wildman–Crippen MR) is 75.4 cm³/mol. The van der Waals surface area contributed by atoms with Crippen molar-refractivity contribution in [3.8, 4) is 0 Å². The average Bonchev–Trinajstić information content (AvgIpc) is 2.62. The van der Waals surface area contributed by atoms with Gasteiger partial charge in [-0.25, -0.2) is 0 Å². The number of nitrogens with one attached hydrogen (secondary N) is 1. The Morgan fingerprint density at radius 1 is 1.40 bits per heavy atom.